The third-order valence-corrected chi connectivity index (χ3v) is 4.96. The highest BCUT2D eigenvalue weighted by Crippen LogP contribution is 2.31. The van der Waals surface area contributed by atoms with Crippen LogP contribution in [-0.2, 0) is 16.1 Å². The van der Waals surface area contributed by atoms with Crippen molar-refractivity contribution in [2.75, 3.05) is 11.1 Å². The van der Waals surface area contributed by atoms with Gasteiger partial charge in [-0.1, -0.05) is 24.3 Å². The van der Waals surface area contributed by atoms with Crippen molar-refractivity contribution in [2.45, 2.75) is 23.7 Å². The van der Waals surface area contributed by atoms with Gasteiger partial charge in [0.25, 0.3) is 0 Å². The lowest BCUT2D eigenvalue weighted by molar-refractivity contribution is -0.164. The molecule has 0 aliphatic carbocycles. The van der Waals surface area contributed by atoms with E-state index in [-0.39, 0.29) is 17.4 Å². The lowest BCUT2D eigenvalue weighted by Crippen LogP contribution is -2.40. The molecule has 0 saturated carbocycles. The number of thioether (sulfide) groups is 1. The van der Waals surface area contributed by atoms with Crippen molar-refractivity contribution < 1.29 is 22.8 Å². The maximum atomic E-state index is 13.3. The standard InChI is InChI=1S/C20H18F3N5O2S/c21-20(22,23)19(16-8-4-5-9-24-16)27-17(29)12-28-11-14(10-25-28)26-18(30)13-31-15-6-2-1-3-7-15/h1-11,19H,12-13H2,(H,26,30)(H,27,29). The Labute approximate surface area is 180 Å². The number of halogens is 3. The number of carbonyl (C=O) groups is 2. The molecule has 2 aromatic heterocycles. The van der Waals surface area contributed by atoms with E-state index in [1.807, 2.05) is 35.6 Å². The van der Waals surface area contributed by atoms with E-state index in [0.29, 0.717) is 5.69 Å². The molecule has 7 nitrogen and oxygen atoms in total. The normalized spacial score (nSPS) is 12.2. The summed E-state index contributed by atoms with van der Waals surface area (Å²) in [5.41, 5.74) is 0.0243. The van der Waals surface area contributed by atoms with Gasteiger partial charge in [-0.05, 0) is 24.3 Å². The fourth-order valence-corrected chi connectivity index (χ4v) is 3.32. The van der Waals surface area contributed by atoms with Crippen LogP contribution in [0.3, 0.4) is 0 Å². The Kier molecular flexibility index (Phi) is 7.29. The summed E-state index contributed by atoms with van der Waals surface area (Å²) in [4.78, 5) is 28.8. The highest BCUT2D eigenvalue weighted by molar-refractivity contribution is 8.00. The molecule has 0 fully saturated rings. The van der Waals surface area contributed by atoms with Crippen molar-refractivity contribution >= 4 is 29.3 Å². The molecule has 31 heavy (non-hydrogen) atoms. The van der Waals surface area contributed by atoms with Crippen LogP contribution in [0.25, 0.3) is 0 Å². The number of anilines is 1. The van der Waals surface area contributed by atoms with Gasteiger partial charge in [0, 0.05) is 17.3 Å². The number of hydrogen-bond donors (Lipinski definition) is 2. The van der Waals surface area contributed by atoms with E-state index >= 15 is 0 Å². The fourth-order valence-electron chi connectivity index (χ4n) is 2.60. The summed E-state index contributed by atoms with van der Waals surface area (Å²) in [6, 6.07) is 11.2. The third kappa shape index (κ3) is 6.85. The summed E-state index contributed by atoms with van der Waals surface area (Å²) in [6.45, 7) is -0.450. The van der Waals surface area contributed by atoms with E-state index < -0.39 is 24.7 Å². The van der Waals surface area contributed by atoms with Gasteiger partial charge in [-0.2, -0.15) is 18.3 Å². The number of pyridine rings is 1. The average molecular weight is 449 g/mol. The summed E-state index contributed by atoms with van der Waals surface area (Å²) in [6.07, 6.45) is -0.797. The summed E-state index contributed by atoms with van der Waals surface area (Å²) in [5.74, 6) is -0.994. The molecule has 2 amide bonds. The van der Waals surface area contributed by atoms with E-state index in [0.717, 1.165) is 9.58 Å². The number of alkyl halides is 3. The van der Waals surface area contributed by atoms with Crippen LogP contribution in [0, 0.1) is 0 Å². The van der Waals surface area contributed by atoms with Gasteiger partial charge in [-0.25, -0.2) is 0 Å². The van der Waals surface area contributed by atoms with Crippen LogP contribution in [-0.4, -0.2) is 38.5 Å². The van der Waals surface area contributed by atoms with E-state index in [2.05, 4.69) is 15.4 Å². The number of amides is 2. The molecule has 0 aliphatic rings. The maximum Gasteiger partial charge on any atom is 0.414 e. The zero-order chi connectivity index (χ0) is 22.3. The summed E-state index contributed by atoms with van der Waals surface area (Å²) in [5, 5.41) is 8.47. The Hall–Kier alpha value is -3.34. The minimum atomic E-state index is -4.70. The largest absolute Gasteiger partial charge is 0.414 e. The number of nitrogens with one attached hydrogen (secondary N) is 2. The zero-order valence-electron chi connectivity index (χ0n) is 16.0. The molecule has 162 valence electrons. The molecule has 0 saturated heterocycles. The van der Waals surface area contributed by atoms with E-state index in [4.69, 9.17) is 0 Å². The SMILES string of the molecule is O=C(CSc1ccccc1)Nc1cnn(CC(=O)NC(c2ccccn2)C(F)(F)F)c1. The van der Waals surface area contributed by atoms with E-state index in [9.17, 15) is 22.8 Å². The smallest absolute Gasteiger partial charge is 0.338 e. The number of benzene rings is 1. The molecule has 0 spiro atoms. The van der Waals surface area contributed by atoms with Gasteiger partial charge in [-0.3, -0.25) is 19.3 Å². The van der Waals surface area contributed by atoms with Crippen molar-refractivity contribution in [1.82, 2.24) is 20.1 Å². The topological polar surface area (TPSA) is 88.9 Å². The molecule has 2 N–H and O–H groups in total. The molecule has 2 heterocycles. The molecule has 0 radical (unpaired) electrons. The minimum absolute atomic E-state index is 0.174. The van der Waals surface area contributed by atoms with E-state index in [1.54, 1.807) is 0 Å². The first-order chi connectivity index (χ1) is 14.8. The molecule has 0 aliphatic heterocycles. The number of aromatic nitrogens is 3. The first kappa shape index (κ1) is 22.3. The minimum Gasteiger partial charge on any atom is -0.338 e. The Morgan fingerprint density at radius 3 is 2.48 bits per heavy atom. The highest BCUT2D eigenvalue weighted by Gasteiger charge is 2.42. The molecule has 0 bridgehead atoms. The van der Waals surface area contributed by atoms with Gasteiger partial charge in [0.05, 0.1) is 23.3 Å². The van der Waals surface area contributed by atoms with Gasteiger partial charge in [-0.15, -0.1) is 11.8 Å². The average Bonchev–Trinajstić information content (AvgIpc) is 3.17. The Morgan fingerprint density at radius 1 is 1.06 bits per heavy atom. The zero-order valence-corrected chi connectivity index (χ0v) is 16.9. The second-order valence-electron chi connectivity index (χ2n) is 6.37. The lowest BCUT2D eigenvalue weighted by atomic mass is 10.2. The first-order valence-electron chi connectivity index (χ1n) is 9.08. The molecule has 1 unspecified atom stereocenters. The molecular formula is C20H18F3N5O2S. The lowest BCUT2D eigenvalue weighted by Gasteiger charge is -2.21. The van der Waals surface area contributed by atoms with Gasteiger partial charge < -0.3 is 10.6 Å². The molecular weight excluding hydrogens is 431 g/mol. The van der Waals surface area contributed by atoms with Crippen molar-refractivity contribution in [3.8, 4) is 0 Å². The van der Waals surface area contributed by atoms with Crippen molar-refractivity contribution in [3.05, 3.63) is 72.8 Å². The van der Waals surface area contributed by atoms with Crippen molar-refractivity contribution in [2.24, 2.45) is 0 Å². The molecule has 11 heteroatoms. The van der Waals surface area contributed by atoms with Gasteiger partial charge >= 0.3 is 6.18 Å². The second kappa shape index (κ2) is 10.1. The predicted octanol–water partition coefficient (Wildman–Crippen LogP) is 3.43. The third-order valence-electron chi connectivity index (χ3n) is 3.95. The van der Waals surface area contributed by atoms with Crippen LogP contribution in [0.5, 0.6) is 0 Å². The van der Waals surface area contributed by atoms with Crippen LogP contribution in [0.1, 0.15) is 11.7 Å². The summed E-state index contributed by atoms with van der Waals surface area (Å²) < 4.78 is 41.1. The quantitative estimate of drug-likeness (QED) is 0.515. The Morgan fingerprint density at radius 2 is 1.81 bits per heavy atom. The van der Waals surface area contributed by atoms with E-state index in [1.165, 1.54) is 48.6 Å². The van der Waals surface area contributed by atoms with Crippen LogP contribution in [0.4, 0.5) is 18.9 Å². The molecule has 1 atom stereocenters. The molecule has 1 aromatic carbocycles. The van der Waals surface area contributed by atoms with Gasteiger partial charge in [0.2, 0.25) is 11.8 Å². The van der Waals surface area contributed by atoms with Gasteiger partial charge in [0.1, 0.15) is 6.54 Å². The van der Waals surface area contributed by atoms with Gasteiger partial charge in [0.15, 0.2) is 6.04 Å². The van der Waals surface area contributed by atoms with Crippen LogP contribution in [0.15, 0.2) is 72.0 Å². The van der Waals surface area contributed by atoms with Crippen molar-refractivity contribution in [3.63, 3.8) is 0 Å². The van der Waals surface area contributed by atoms with Crippen LogP contribution in [0.2, 0.25) is 0 Å². The number of carbonyl (C=O) groups excluding carboxylic acids is 2. The Bertz CT molecular complexity index is 1010. The van der Waals surface area contributed by atoms with Crippen LogP contribution >= 0.6 is 11.8 Å². The summed E-state index contributed by atoms with van der Waals surface area (Å²) in [7, 11) is 0. The van der Waals surface area contributed by atoms with Crippen LogP contribution < -0.4 is 10.6 Å². The number of rotatable bonds is 8. The predicted molar refractivity (Wildman–Crippen MR) is 109 cm³/mol. The number of nitrogens with zero attached hydrogens (tertiary/aromatic N) is 3. The molecule has 3 aromatic rings. The van der Waals surface area contributed by atoms with Crippen molar-refractivity contribution in [1.29, 1.82) is 0 Å². The Balaban J connectivity index is 1.53. The summed E-state index contributed by atoms with van der Waals surface area (Å²) >= 11 is 1.36. The highest BCUT2D eigenvalue weighted by atomic mass is 32.2. The second-order valence-corrected chi connectivity index (χ2v) is 7.42. The first-order valence-corrected chi connectivity index (χ1v) is 10.1. The molecule has 3 rings (SSSR count). The fraction of sp³-hybridized carbons (Fsp3) is 0.200. The maximum absolute atomic E-state index is 13.3. The monoisotopic (exact) mass is 449 g/mol. The number of hydrogen-bond acceptors (Lipinski definition) is 5.